The van der Waals surface area contributed by atoms with Gasteiger partial charge in [-0.25, -0.2) is 0 Å². The molecule has 0 aliphatic heterocycles. The quantitative estimate of drug-likeness (QED) is 0.154. The highest BCUT2D eigenvalue weighted by Crippen LogP contribution is 2.46. The average Bonchev–Trinajstić information content (AvgIpc) is 3.29. The fourth-order valence-corrected chi connectivity index (χ4v) is 8.97. The third-order valence-electron chi connectivity index (χ3n) is 11.6. The molecule has 0 radical (unpaired) electrons. The normalized spacial score (nSPS) is 11.5. The molecule has 11 aromatic rings. The van der Waals surface area contributed by atoms with Gasteiger partial charge in [0.05, 0.1) is 0 Å². The van der Waals surface area contributed by atoms with Crippen molar-refractivity contribution in [1.29, 1.82) is 0 Å². The second-order valence-electron chi connectivity index (χ2n) is 14.9. The van der Waals surface area contributed by atoms with Gasteiger partial charge in [-0.2, -0.15) is 0 Å². The number of benzene rings is 11. The Kier molecular flexibility index (Phi) is 7.89. The van der Waals surface area contributed by atoms with E-state index < -0.39 is 0 Å². The molecule has 0 atom stereocenters. The Hall–Kier alpha value is -7.48. The van der Waals surface area contributed by atoms with Crippen molar-refractivity contribution in [3.63, 3.8) is 0 Å². The largest absolute Gasteiger partial charge is 0.310 e. The average molecular weight is 724 g/mol. The molecular formula is C56H37N. The Labute approximate surface area is 332 Å². The van der Waals surface area contributed by atoms with Gasteiger partial charge in [0.1, 0.15) is 0 Å². The van der Waals surface area contributed by atoms with E-state index in [2.05, 4.69) is 229 Å². The first kappa shape index (κ1) is 32.9. The summed E-state index contributed by atoms with van der Waals surface area (Å²) < 4.78 is 0. The lowest BCUT2D eigenvalue weighted by Crippen LogP contribution is -2.10. The smallest absolute Gasteiger partial charge is 0.0468 e. The van der Waals surface area contributed by atoms with Gasteiger partial charge in [0.25, 0.3) is 0 Å². The van der Waals surface area contributed by atoms with Crippen molar-refractivity contribution in [2.24, 2.45) is 0 Å². The lowest BCUT2D eigenvalue weighted by molar-refractivity contribution is 1.29. The van der Waals surface area contributed by atoms with Crippen LogP contribution in [0.5, 0.6) is 0 Å². The van der Waals surface area contributed by atoms with Crippen LogP contribution >= 0.6 is 0 Å². The van der Waals surface area contributed by atoms with E-state index in [0.717, 1.165) is 17.1 Å². The molecule has 0 bridgehead atoms. The van der Waals surface area contributed by atoms with Crippen LogP contribution in [0, 0.1) is 0 Å². The van der Waals surface area contributed by atoms with Crippen molar-refractivity contribution < 1.29 is 0 Å². The molecule has 0 fully saturated rings. The van der Waals surface area contributed by atoms with Crippen molar-refractivity contribution in [1.82, 2.24) is 0 Å². The third-order valence-corrected chi connectivity index (χ3v) is 11.6. The number of anilines is 3. The standard InChI is InChI=1S/C56H37N/c1-2-15-40(16-3-1)55-52-24-12-10-21-49(52)50-22-11-13-25-53(50)56(55)41-29-33-45(34-30-41)57(46-35-26-38-14-4-5-17-42(38)36-46)44-31-27-39(28-32-44)54-37-43-18-6-7-19-47(43)48-20-8-9-23-51(48)54/h1-37H. The Balaban J connectivity index is 1.07. The highest BCUT2D eigenvalue weighted by molar-refractivity contribution is 6.21. The zero-order valence-electron chi connectivity index (χ0n) is 31.3. The summed E-state index contributed by atoms with van der Waals surface area (Å²) in [5.74, 6) is 0. The first-order valence-electron chi connectivity index (χ1n) is 19.7. The van der Waals surface area contributed by atoms with E-state index in [-0.39, 0.29) is 0 Å². The first-order chi connectivity index (χ1) is 28.3. The maximum Gasteiger partial charge on any atom is 0.0468 e. The van der Waals surface area contributed by atoms with Crippen LogP contribution in [-0.4, -0.2) is 0 Å². The van der Waals surface area contributed by atoms with E-state index in [1.54, 1.807) is 0 Å². The second-order valence-corrected chi connectivity index (χ2v) is 14.9. The summed E-state index contributed by atoms with van der Waals surface area (Å²) in [5.41, 5.74) is 10.7. The summed E-state index contributed by atoms with van der Waals surface area (Å²) in [6, 6.07) is 82.0. The van der Waals surface area contributed by atoms with Crippen LogP contribution in [0.15, 0.2) is 224 Å². The minimum Gasteiger partial charge on any atom is -0.310 e. The van der Waals surface area contributed by atoms with Gasteiger partial charge in [-0.1, -0.05) is 182 Å². The molecule has 0 aliphatic carbocycles. The highest BCUT2D eigenvalue weighted by atomic mass is 15.1. The van der Waals surface area contributed by atoms with Crippen LogP contribution in [0.3, 0.4) is 0 Å². The van der Waals surface area contributed by atoms with Gasteiger partial charge in [0, 0.05) is 17.1 Å². The SMILES string of the molecule is c1ccc(-c2c(-c3ccc(N(c4ccc(-c5cc6ccccc6c6ccccc56)cc4)c4ccc5ccccc5c4)cc3)c3ccccc3c3ccccc23)cc1. The Morgan fingerprint density at radius 1 is 0.228 bits per heavy atom. The zero-order chi connectivity index (χ0) is 37.7. The molecule has 0 saturated carbocycles. The maximum absolute atomic E-state index is 2.38. The molecule has 1 nitrogen and oxygen atoms in total. The molecule has 0 aliphatic rings. The van der Waals surface area contributed by atoms with Gasteiger partial charge in [-0.15, -0.1) is 0 Å². The van der Waals surface area contributed by atoms with Gasteiger partial charge < -0.3 is 4.90 Å². The van der Waals surface area contributed by atoms with Crippen LogP contribution in [-0.2, 0) is 0 Å². The molecule has 11 aromatic carbocycles. The Bertz CT molecular complexity index is 3270. The Morgan fingerprint density at radius 3 is 1.26 bits per heavy atom. The van der Waals surface area contributed by atoms with E-state index >= 15 is 0 Å². The molecular weight excluding hydrogens is 687 g/mol. The summed E-state index contributed by atoms with van der Waals surface area (Å²) in [5, 5.41) is 12.6. The summed E-state index contributed by atoms with van der Waals surface area (Å²) in [6.07, 6.45) is 0. The Morgan fingerprint density at radius 2 is 0.649 bits per heavy atom. The minimum atomic E-state index is 1.10. The summed E-state index contributed by atoms with van der Waals surface area (Å²) >= 11 is 0. The van der Waals surface area contributed by atoms with E-state index in [9.17, 15) is 0 Å². The monoisotopic (exact) mass is 723 g/mol. The molecule has 0 unspecified atom stereocenters. The van der Waals surface area contributed by atoms with Crippen LogP contribution in [0.25, 0.3) is 87.2 Å². The van der Waals surface area contributed by atoms with Gasteiger partial charge >= 0.3 is 0 Å². The van der Waals surface area contributed by atoms with Gasteiger partial charge in [-0.3, -0.25) is 0 Å². The van der Waals surface area contributed by atoms with Crippen molar-refractivity contribution in [2.75, 3.05) is 4.90 Å². The van der Waals surface area contributed by atoms with Crippen LogP contribution in [0.1, 0.15) is 0 Å². The molecule has 0 amide bonds. The number of nitrogens with zero attached hydrogens (tertiary/aromatic N) is 1. The van der Waals surface area contributed by atoms with Crippen molar-refractivity contribution in [3.8, 4) is 33.4 Å². The number of rotatable bonds is 6. The summed E-state index contributed by atoms with van der Waals surface area (Å²) in [7, 11) is 0. The molecule has 0 heterocycles. The molecule has 0 spiro atoms. The van der Waals surface area contributed by atoms with E-state index in [1.165, 1.54) is 87.2 Å². The fourth-order valence-electron chi connectivity index (χ4n) is 8.97. The lowest BCUT2D eigenvalue weighted by Gasteiger charge is -2.27. The fraction of sp³-hybridized carbons (Fsp3) is 0. The van der Waals surface area contributed by atoms with Crippen molar-refractivity contribution in [3.05, 3.63) is 224 Å². The molecule has 1 heteroatoms. The zero-order valence-corrected chi connectivity index (χ0v) is 31.3. The molecule has 0 N–H and O–H groups in total. The van der Waals surface area contributed by atoms with Crippen LogP contribution in [0.2, 0.25) is 0 Å². The van der Waals surface area contributed by atoms with Gasteiger partial charge in [0.15, 0.2) is 0 Å². The van der Waals surface area contributed by atoms with Gasteiger partial charge in [0.2, 0.25) is 0 Å². The van der Waals surface area contributed by atoms with Crippen molar-refractivity contribution >= 4 is 70.9 Å². The highest BCUT2D eigenvalue weighted by Gasteiger charge is 2.19. The molecule has 266 valence electrons. The molecule has 57 heavy (non-hydrogen) atoms. The van der Waals surface area contributed by atoms with E-state index in [1.807, 2.05) is 0 Å². The number of hydrogen-bond donors (Lipinski definition) is 0. The molecule has 11 rings (SSSR count). The molecule has 0 saturated heterocycles. The third kappa shape index (κ3) is 5.63. The van der Waals surface area contributed by atoms with Crippen LogP contribution < -0.4 is 4.90 Å². The minimum absolute atomic E-state index is 1.10. The van der Waals surface area contributed by atoms with E-state index in [0.29, 0.717) is 0 Å². The molecule has 0 aromatic heterocycles. The van der Waals surface area contributed by atoms with Crippen LogP contribution in [0.4, 0.5) is 17.1 Å². The predicted octanol–water partition coefficient (Wildman–Crippen LogP) is 15.9. The van der Waals surface area contributed by atoms with Gasteiger partial charge in [-0.05, 0) is 130 Å². The summed E-state index contributed by atoms with van der Waals surface area (Å²) in [4.78, 5) is 2.38. The number of fused-ring (bicyclic) bond motifs is 7. The second kappa shape index (κ2) is 13.7. The van der Waals surface area contributed by atoms with Crippen molar-refractivity contribution in [2.45, 2.75) is 0 Å². The lowest BCUT2D eigenvalue weighted by atomic mass is 9.85. The number of hydrogen-bond acceptors (Lipinski definition) is 1. The maximum atomic E-state index is 2.38. The first-order valence-corrected chi connectivity index (χ1v) is 19.7. The topological polar surface area (TPSA) is 3.24 Å². The van der Waals surface area contributed by atoms with E-state index in [4.69, 9.17) is 0 Å². The summed E-state index contributed by atoms with van der Waals surface area (Å²) in [6.45, 7) is 0. The predicted molar refractivity (Wildman–Crippen MR) is 245 cm³/mol.